The zero-order chi connectivity index (χ0) is 15.1. The average molecular weight is 305 g/mol. The summed E-state index contributed by atoms with van der Waals surface area (Å²) in [5, 5.41) is 4.96. The minimum Gasteiger partial charge on any atom is -0.383 e. The van der Waals surface area contributed by atoms with E-state index in [9.17, 15) is 0 Å². The van der Waals surface area contributed by atoms with Gasteiger partial charge in [-0.3, -0.25) is 0 Å². The van der Waals surface area contributed by atoms with Crippen molar-refractivity contribution in [1.29, 1.82) is 0 Å². The minimum absolute atomic E-state index is 0.503. The molecule has 0 aliphatic heterocycles. The molecule has 0 aliphatic rings. The van der Waals surface area contributed by atoms with E-state index < -0.39 is 0 Å². The molecule has 0 saturated heterocycles. The van der Waals surface area contributed by atoms with Gasteiger partial charge in [-0.05, 0) is 34.4 Å². The first-order chi connectivity index (χ1) is 10.7. The lowest BCUT2D eigenvalue weighted by Gasteiger charge is -2.09. The number of nitrogens with zero attached hydrogens (tertiary/aromatic N) is 1. The Morgan fingerprint density at radius 1 is 0.773 bits per heavy atom. The molecular formula is C19H13ClN2. The number of benzene rings is 3. The molecule has 3 aromatic carbocycles. The number of hydrogen-bond acceptors (Lipinski definition) is 2. The molecule has 0 saturated carbocycles. The van der Waals surface area contributed by atoms with Gasteiger partial charge in [0.1, 0.15) is 5.82 Å². The fraction of sp³-hybridized carbons (Fsp3) is 0. The van der Waals surface area contributed by atoms with E-state index in [2.05, 4.69) is 35.3 Å². The van der Waals surface area contributed by atoms with Crippen LogP contribution in [0.2, 0.25) is 5.02 Å². The maximum atomic E-state index is 6.14. The predicted molar refractivity (Wildman–Crippen MR) is 94.1 cm³/mol. The van der Waals surface area contributed by atoms with Gasteiger partial charge in [-0.25, -0.2) is 4.98 Å². The molecule has 4 rings (SSSR count). The Morgan fingerprint density at radius 3 is 2.50 bits per heavy atom. The van der Waals surface area contributed by atoms with Gasteiger partial charge in [0.2, 0.25) is 0 Å². The number of nitrogen functional groups attached to an aromatic ring is 1. The summed E-state index contributed by atoms with van der Waals surface area (Å²) in [4.78, 5) is 4.58. The Bertz CT molecular complexity index is 1000. The van der Waals surface area contributed by atoms with Crippen LogP contribution in [0.5, 0.6) is 0 Å². The van der Waals surface area contributed by atoms with Gasteiger partial charge in [-0.15, -0.1) is 0 Å². The van der Waals surface area contributed by atoms with Gasteiger partial charge < -0.3 is 5.73 Å². The van der Waals surface area contributed by atoms with Crippen molar-refractivity contribution in [2.75, 3.05) is 5.73 Å². The van der Waals surface area contributed by atoms with E-state index in [-0.39, 0.29) is 0 Å². The summed E-state index contributed by atoms with van der Waals surface area (Å²) < 4.78 is 0. The second-order valence-corrected chi connectivity index (χ2v) is 5.72. The maximum absolute atomic E-state index is 6.14. The number of pyridine rings is 1. The highest BCUT2D eigenvalue weighted by Gasteiger charge is 2.08. The third-order valence-electron chi connectivity index (χ3n) is 3.89. The van der Waals surface area contributed by atoms with E-state index in [1.807, 2.05) is 36.4 Å². The van der Waals surface area contributed by atoms with Crippen LogP contribution in [0.25, 0.3) is 32.8 Å². The molecule has 0 bridgehead atoms. The van der Waals surface area contributed by atoms with Crippen molar-refractivity contribution in [1.82, 2.24) is 4.98 Å². The molecule has 3 heteroatoms. The van der Waals surface area contributed by atoms with Crippen LogP contribution >= 0.6 is 11.6 Å². The van der Waals surface area contributed by atoms with Crippen LogP contribution < -0.4 is 5.73 Å². The second-order valence-electron chi connectivity index (χ2n) is 5.28. The Balaban J connectivity index is 2.03. The number of anilines is 1. The van der Waals surface area contributed by atoms with Gasteiger partial charge in [-0.1, -0.05) is 60.1 Å². The van der Waals surface area contributed by atoms with Crippen LogP contribution in [0.4, 0.5) is 5.82 Å². The zero-order valence-corrected chi connectivity index (χ0v) is 12.5. The van der Waals surface area contributed by atoms with Gasteiger partial charge in [-0.2, -0.15) is 0 Å². The van der Waals surface area contributed by atoms with E-state index in [1.54, 1.807) is 0 Å². The third-order valence-corrected chi connectivity index (χ3v) is 4.13. The summed E-state index contributed by atoms with van der Waals surface area (Å²) >= 11 is 6.04. The summed E-state index contributed by atoms with van der Waals surface area (Å²) in [5.41, 5.74) is 8.10. The summed E-state index contributed by atoms with van der Waals surface area (Å²) in [6, 6.07) is 22.3. The zero-order valence-electron chi connectivity index (χ0n) is 11.8. The van der Waals surface area contributed by atoms with Crippen molar-refractivity contribution in [3.8, 4) is 11.3 Å². The van der Waals surface area contributed by atoms with Gasteiger partial charge in [0.15, 0.2) is 0 Å². The summed E-state index contributed by atoms with van der Waals surface area (Å²) in [5.74, 6) is 0.503. The molecule has 1 aromatic heterocycles. The molecule has 4 aromatic rings. The Hall–Kier alpha value is -2.58. The van der Waals surface area contributed by atoms with Gasteiger partial charge in [0.05, 0.1) is 5.69 Å². The molecule has 22 heavy (non-hydrogen) atoms. The summed E-state index contributed by atoms with van der Waals surface area (Å²) in [7, 11) is 0. The summed E-state index contributed by atoms with van der Waals surface area (Å²) in [6.45, 7) is 0. The number of aromatic nitrogens is 1. The first kappa shape index (κ1) is 13.1. The molecule has 2 nitrogen and oxygen atoms in total. The SMILES string of the molecule is Nc1nc(-c2cccc3ccccc23)cc2ccc(Cl)cc12. The quantitative estimate of drug-likeness (QED) is 0.519. The van der Waals surface area contributed by atoms with Gasteiger partial charge >= 0.3 is 0 Å². The fourth-order valence-corrected chi connectivity index (χ4v) is 3.00. The molecule has 0 unspecified atom stereocenters. The largest absolute Gasteiger partial charge is 0.383 e. The third kappa shape index (κ3) is 2.09. The number of halogens is 1. The molecular weight excluding hydrogens is 292 g/mol. The molecule has 2 N–H and O–H groups in total. The molecule has 0 aliphatic carbocycles. The van der Waals surface area contributed by atoms with Crippen LogP contribution in [0.1, 0.15) is 0 Å². The standard InChI is InChI=1S/C19H13ClN2/c20-14-9-8-13-10-18(22-19(21)17(13)11-14)16-7-3-5-12-4-1-2-6-15(12)16/h1-11H,(H2,21,22). The average Bonchev–Trinajstić information content (AvgIpc) is 2.55. The molecule has 0 atom stereocenters. The molecule has 0 radical (unpaired) electrons. The highest BCUT2D eigenvalue weighted by atomic mass is 35.5. The van der Waals surface area contributed by atoms with Crippen molar-refractivity contribution < 1.29 is 0 Å². The van der Waals surface area contributed by atoms with E-state index in [4.69, 9.17) is 17.3 Å². The lowest BCUT2D eigenvalue weighted by Crippen LogP contribution is -1.95. The van der Waals surface area contributed by atoms with Crippen molar-refractivity contribution in [2.24, 2.45) is 0 Å². The van der Waals surface area contributed by atoms with E-state index in [0.29, 0.717) is 10.8 Å². The second kappa shape index (κ2) is 5.00. The Kier molecular flexibility index (Phi) is 2.98. The van der Waals surface area contributed by atoms with E-state index in [1.165, 1.54) is 10.8 Å². The number of rotatable bonds is 1. The maximum Gasteiger partial charge on any atom is 0.132 e. The Morgan fingerprint density at radius 2 is 1.59 bits per heavy atom. The fourth-order valence-electron chi connectivity index (χ4n) is 2.83. The minimum atomic E-state index is 0.503. The summed E-state index contributed by atoms with van der Waals surface area (Å²) in [6.07, 6.45) is 0. The first-order valence-corrected chi connectivity index (χ1v) is 7.44. The van der Waals surface area contributed by atoms with Crippen molar-refractivity contribution in [2.45, 2.75) is 0 Å². The lowest BCUT2D eigenvalue weighted by molar-refractivity contribution is 1.37. The highest BCUT2D eigenvalue weighted by Crippen LogP contribution is 2.32. The van der Waals surface area contributed by atoms with E-state index >= 15 is 0 Å². The smallest absolute Gasteiger partial charge is 0.132 e. The van der Waals surface area contributed by atoms with Crippen molar-refractivity contribution in [3.05, 3.63) is 71.8 Å². The normalized spacial score (nSPS) is 11.1. The van der Waals surface area contributed by atoms with E-state index in [0.717, 1.165) is 22.0 Å². The van der Waals surface area contributed by atoms with Crippen LogP contribution in [-0.2, 0) is 0 Å². The van der Waals surface area contributed by atoms with Crippen molar-refractivity contribution in [3.63, 3.8) is 0 Å². The molecule has 0 spiro atoms. The first-order valence-electron chi connectivity index (χ1n) is 7.06. The van der Waals surface area contributed by atoms with Crippen LogP contribution in [0.15, 0.2) is 66.7 Å². The molecule has 0 amide bonds. The van der Waals surface area contributed by atoms with Gasteiger partial charge in [0.25, 0.3) is 0 Å². The van der Waals surface area contributed by atoms with Crippen LogP contribution in [0.3, 0.4) is 0 Å². The topological polar surface area (TPSA) is 38.9 Å². The molecule has 106 valence electrons. The van der Waals surface area contributed by atoms with Gasteiger partial charge in [0, 0.05) is 16.0 Å². The van der Waals surface area contributed by atoms with Crippen LogP contribution in [-0.4, -0.2) is 4.98 Å². The Labute approximate surface area is 133 Å². The van der Waals surface area contributed by atoms with Crippen molar-refractivity contribution >= 4 is 39.0 Å². The highest BCUT2D eigenvalue weighted by molar-refractivity contribution is 6.31. The molecule has 1 heterocycles. The predicted octanol–water partition coefficient (Wildman–Crippen LogP) is 5.29. The number of hydrogen-bond donors (Lipinski definition) is 1. The molecule has 0 fully saturated rings. The number of nitrogens with two attached hydrogens (primary N) is 1. The number of fused-ring (bicyclic) bond motifs is 2. The monoisotopic (exact) mass is 304 g/mol. The van der Waals surface area contributed by atoms with Crippen LogP contribution in [0, 0.1) is 0 Å². The lowest BCUT2D eigenvalue weighted by atomic mass is 10.0.